The molecular formula is C25H35NO3. The lowest BCUT2D eigenvalue weighted by Gasteiger charge is -2.24. The summed E-state index contributed by atoms with van der Waals surface area (Å²) in [5.41, 5.74) is 2.01. The molecule has 4 heteroatoms. The highest BCUT2D eigenvalue weighted by atomic mass is 16.5. The van der Waals surface area contributed by atoms with E-state index in [2.05, 4.69) is 44.0 Å². The van der Waals surface area contributed by atoms with Crippen LogP contribution in [0.15, 0.2) is 60.3 Å². The van der Waals surface area contributed by atoms with E-state index >= 15 is 0 Å². The van der Waals surface area contributed by atoms with Crippen molar-refractivity contribution in [1.29, 1.82) is 0 Å². The molecule has 0 spiro atoms. The van der Waals surface area contributed by atoms with E-state index in [4.69, 9.17) is 4.74 Å². The van der Waals surface area contributed by atoms with Crippen LogP contribution in [0.1, 0.15) is 65.0 Å². The molecule has 1 aromatic rings. The Bertz CT molecular complexity index is 723. The fourth-order valence-corrected chi connectivity index (χ4v) is 3.53. The Kier molecular flexibility index (Phi) is 9.33. The first-order chi connectivity index (χ1) is 13.9. The summed E-state index contributed by atoms with van der Waals surface area (Å²) in [4.78, 5) is 16.7. The van der Waals surface area contributed by atoms with E-state index in [9.17, 15) is 9.90 Å². The molecule has 4 nitrogen and oxygen atoms in total. The standard InChI is InChI=1S/C25H35NO3/c1-18-9-7-11-20(3)25(29-24(28)17-22(27)15-14-18)21(4)12-8-10-19(2)23-13-5-6-16-26-23/h5-8,10-13,16,18-20,22,25,27H,9,14-15,17H2,1-4H3/b10-8+,11-7+,21-12+/t18-,19-,20+,22-,25+/m1/s1. The monoisotopic (exact) mass is 397 g/mol. The van der Waals surface area contributed by atoms with Gasteiger partial charge in [0.1, 0.15) is 6.10 Å². The van der Waals surface area contributed by atoms with E-state index in [-0.39, 0.29) is 30.3 Å². The maximum absolute atomic E-state index is 12.4. The molecule has 0 aromatic carbocycles. The zero-order chi connectivity index (χ0) is 21.2. The van der Waals surface area contributed by atoms with Crippen LogP contribution < -0.4 is 0 Å². The Morgan fingerprint density at radius 3 is 2.83 bits per heavy atom. The van der Waals surface area contributed by atoms with Gasteiger partial charge in [-0.3, -0.25) is 9.78 Å². The van der Waals surface area contributed by atoms with Crippen LogP contribution in [0.5, 0.6) is 0 Å². The van der Waals surface area contributed by atoms with Crippen LogP contribution in [0.25, 0.3) is 0 Å². The quantitative estimate of drug-likeness (QED) is 0.422. The first-order valence-corrected chi connectivity index (χ1v) is 10.7. The summed E-state index contributed by atoms with van der Waals surface area (Å²) >= 11 is 0. The number of aromatic nitrogens is 1. The van der Waals surface area contributed by atoms with Crippen LogP contribution in [-0.4, -0.2) is 28.3 Å². The molecule has 29 heavy (non-hydrogen) atoms. The number of allylic oxidation sites excluding steroid dienone is 4. The minimum Gasteiger partial charge on any atom is -0.457 e. The molecule has 2 rings (SSSR count). The predicted molar refractivity (Wildman–Crippen MR) is 117 cm³/mol. The number of nitrogens with zero attached hydrogens (tertiary/aromatic N) is 1. The number of cyclic esters (lactones) is 1. The summed E-state index contributed by atoms with van der Waals surface area (Å²) in [5.74, 6) is 0.429. The SMILES string of the molecule is C/C(=C\C=C\[C@@H](C)c1ccccn1)[C@H]1OC(=O)C[C@H](O)CC[C@H](C)C/C=C/[C@@H]1C. The fraction of sp³-hybridized carbons (Fsp3) is 0.520. The molecule has 0 bridgehead atoms. The van der Waals surface area contributed by atoms with Gasteiger partial charge in [-0.05, 0) is 49.8 Å². The molecule has 0 amide bonds. The minimum atomic E-state index is -0.632. The van der Waals surface area contributed by atoms with Gasteiger partial charge in [-0.2, -0.15) is 0 Å². The molecule has 0 fully saturated rings. The number of aliphatic hydroxyl groups excluding tert-OH is 1. The van der Waals surface area contributed by atoms with E-state index in [1.807, 2.05) is 37.3 Å². The number of esters is 1. The number of rotatable bonds is 4. The van der Waals surface area contributed by atoms with Gasteiger partial charge in [0.05, 0.1) is 12.5 Å². The molecule has 0 radical (unpaired) electrons. The Morgan fingerprint density at radius 1 is 1.31 bits per heavy atom. The molecule has 1 aliphatic rings. The van der Waals surface area contributed by atoms with Gasteiger partial charge in [-0.1, -0.05) is 57.2 Å². The Morgan fingerprint density at radius 2 is 2.10 bits per heavy atom. The zero-order valence-corrected chi connectivity index (χ0v) is 18.1. The molecule has 0 saturated heterocycles. The number of pyridine rings is 1. The third kappa shape index (κ3) is 7.98. The second-order valence-electron chi connectivity index (χ2n) is 8.31. The average Bonchev–Trinajstić information content (AvgIpc) is 2.70. The predicted octanol–water partition coefficient (Wildman–Crippen LogP) is 5.36. The van der Waals surface area contributed by atoms with Crippen molar-refractivity contribution in [3.63, 3.8) is 0 Å². The highest BCUT2D eigenvalue weighted by Gasteiger charge is 2.23. The van der Waals surface area contributed by atoms with Gasteiger partial charge in [-0.25, -0.2) is 0 Å². The number of carbonyl (C=O) groups is 1. The van der Waals surface area contributed by atoms with Gasteiger partial charge in [-0.15, -0.1) is 0 Å². The van der Waals surface area contributed by atoms with Gasteiger partial charge in [0.25, 0.3) is 0 Å². The maximum Gasteiger partial charge on any atom is 0.309 e. The Hall–Kier alpha value is -2.20. The number of carbonyl (C=O) groups excluding carboxylic acids is 1. The largest absolute Gasteiger partial charge is 0.457 e. The topological polar surface area (TPSA) is 59.4 Å². The molecule has 158 valence electrons. The highest BCUT2D eigenvalue weighted by Crippen LogP contribution is 2.23. The van der Waals surface area contributed by atoms with E-state index in [0.717, 1.165) is 24.1 Å². The van der Waals surface area contributed by atoms with Crippen LogP contribution in [-0.2, 0) is 9.53 Å². The van der Waals surface area contributed by atoms with Crippen molar-refractivity contribution in [2.24, 2.45) is 11.8 Å². The molecule has 0 aliphatic carbocycles. The summed E-state index contributed by atoms with van der Waals surface area (Å²) in [6.45, 7) is 8.34. The lowest BCUT2D eigenvalue weighted by molar-refractivity contribution is -0.151. The molecular weight excluding hydrogens is 362 g/mol. The van der Waals surface area contributed by atoms with E-state index < -0.39 is 6.10 Å². The second kappa shape index (κ2) is 11.7. The van der Waals surface area contributed by atoms with Crippen LogP contribution in [0.4, 0.5) is 0 Å². The van der Waals surface area contributed by atoms with Crippen LogP contribution in [0.3, 0.4) is 0 Å². The highest BCUT2D eigenvalue weighted by molar-refractivity contribution is 5.70. The van der Waals surface area contributed by atoms with Crippen molar-refractivity contribution < 1.29 is 14.6 Å². The molecule has 5 atom stereocenters. The molecule has 1 aliphatic heterocycles. The Balaban J connectivity index is 2.13. The molecule has 0 unspecified atom stereocenters. The molecule has 1 N–H and O–H groups in total. The van der Waals surface area contributed by atoms with Crippen molar-refractivity contribution in [3.05, 3.63) is 66.0 Å². The maximum atomic E-state index is 12.4. The van der Waals surface area contributed by atoms with Crippen molar-refractivity contribution in [2.75, 3.05) is 0 Å². The van der Waals surface area contributed by atoms with Gasteiger partial charge >= 0.3 is 5.97 Å². The number of hydrogen-bond donors (Lipinski definition) is 1. The summed E-state index contributed by atoms with van der Waals surface area (Å²) in [6, 6.07) is 5.91. The van der Waals surface area contributed by atoms with E-state index in [0.29, 0.717) is 12.3 Å². The van der Waals surface area contributed by atoms with Crippen LogP contribution in [0.2, 0.25) is 0 Å². The fourth-order valence-electron chi connectivity index (χ4n) is 3.53. The van der Waals surface area contributed by atoms with Crippen LogP contribution >= 0.6 is 0 Å². The minimum absolute atomic E-state index is 0.0550. The van der Waals surface area contributed by atoms with E-state index in [1.54, 1.807) is 6.20 Å². The van der Waals surface area contributed by atoms with Gasteiger partial charge < -0.3 is 9.84 Å². The number of hydrogen-bond acceptors (Lipinski definition) is 4. The third-order valence-electron chi connectivity index (χ3n) is 5.47. The molecule has 2 heterocycles. The summed E-state index contributed by atoms with van der Waals surface area (Å²) < 4.78 is 5.77. The summed E-state index contributed by atoms with van der Waals surface area (Å²) in [6.07, 6.45) is 13.8. The van der Waals surface area contributed by atoms with Crippen molar-refractivity contribution >= 4 is 5.97 Å². The zero-order valence-electron chi connectivity index (χ0n) is 18.1. The summed E-state index contributed by atoms with van der Waals surface area (Å²) in [5, 5.41) is 10.1. The van der Waals surface area contributed by atoms with Crippen molar-refractivity contribution in [2.45, 2.75) is 71.5 Å². The second-order valence-corrected chi connectivity index (χ2v) is 8.31. The average molecular weight is 398 g/mol. The van der Waals surface area contributed by atoms with Gasteiger partial charge in [0, 0.05) is 23.7 Å². The summed E-state index contributed by atoms with van der Waals surface area (Å²) in [7, 11) is 0. The Labute approximate surface area is 175 Å². The molecule has 0 saturated carbocycles. The van der Waals surface area contributed by atoms with Gasteiger partial charge in [0.2, 0.25) is 0 Å². The molecule has 1 aromatic heterocycles. The normalized spacial score (nSPS) is 29.6. The third-order valence-corrected chi connectivity index (χ3v) is 5.47. The number of ether oxygens (including phenoxy) is 1. The van der Waals surface area contributed by atoms with E-state index in [1.165, 1.54) is 0 Å². The van der Waals surface area contributed by atoms with Gasteiger partial charge in [0.15, 0.2) is 0 Å². The smallest absolute Gasteiger partial charge is 0.309 e. The van der Waals surface area contributed by atoms with Crippen molar-refractivity contribution in [1.82, 2.24) is 4.98 Å². The number of aliphatic hydroxyl groups is 1. The lowest BCUT2D eigenvalue weighted by Crippen LogP contribution is -2.28. The van der Waals surface area contributed by atoms with Crippen molar-refractivity contribution in [3.8, 4) is 0 Å². The van der Waals surface area contributed by atoms with Crippen LogP contribution in [0, 0.1) is 11.8 Å². The first-order valence-electron chi connectivity index (χ1n) is 10.7. The lowest BCUT2D eigenvalue weighted by atomic mass is 9.93. The first kappa shape index (κ1) is 23.1.